The lowest BCUT2D eigenvalue weighted by atomic mass is 9.84. The summed E-state index contributed by atoms with van der Waals surface area (Å²) in [7, 11) is 0. The van der Waals surface area contributed by atoms with Crippen LogP contribution in [0.1, 0.15) is 25.5 Å². The van der Waals surface area contributed by atoms with E-state index in [1.165, 1.54) is 31.6 Å². The molecule has 0 radical (unpaired) electrons. The monoisotopic (exact) mass is 239 g/mol. The lowest BCUT2D eigenvalue weighted by Gasteiger charge is -2.26. The van der Waals surface area contributed by atoms with E-state index < -0.39 is 0 Å². The normalized spacial score (nSPS) is 25.1. The van der Waals surface area contributed by atoms with Crippen molar-refractivity contribution in [2.24, 2.45) is 5.41 Å². The molecule has 0 spiro atoms. The lowest BCUT2D eigenvalue weighted by Crippen LogP contribution is -2.36. The third kappa shape index (κ3) is 3.03. The lowest BCUT2D eigenvalue weighted by molar-refractivity contribution is 0.293. The Balaban J connectivity index is 1.67. The van der Waals surface area contributed by atoms with Crippen molar-refractivity contribution in [3.63, 3.8) is 0 Å². The third-order valence-electron chi connectivity index (χ3n) is 3.62. The van der Waals surface area contributed by atoms with E-state index in [9.17, 15) is 0 Å². The zero-order chi connectivity index (χ0) is 11.3. The molecule has 0 aromatic carbocycles. The van der Waals surface area contributed by atoms with E-state index in [4.69, 9.17) is 0 Å². The Hall–Kier alpha value is -0.450. The molecule has 1 unspecified atom stereocenters. The van der Waals surface area contributed by atoms with E-state index in [1.807, 2.05) is 5.51 Å². The number of aromatic nitrogens is 1. The largest absolute Gasteiger partial charge is 0.316 e. The van der Waals surface area contributed by atoms with Gasteiger partial charge < -0.3 is 10.6 Å². The minimum Gasteiger partial charge on any atom is -0.316 e. The molecular formula is C12H21N3S. The molecule has 0 saturated carbocycles. The first-order valence-electron chi connectivity index (χ1n) is 6.13. The molecule has 4 heteroatoms. The van der Waals surface area contributed by atoms with Gasteiger partial charge in [-0.2, -0.15) is 0 Å². The highest BCUT2D eigenvalue weighted by atomic mass is 32.1. The van der Waals surface area contributed by atoms with E-state index >= 15 is 0 Å². The van der Waals surface area contributed by atoms with Crippen molar-refractivity contribution in [3.05, 3.63) is 16.6 Å². The topological polar surface area (TPSA) is 37.0 Å². The molecule has 2 heterocycles. The standard InChI is InChI=1S/C12H21N3S/c1-2-12(4-6-14-9-12)8-13-5-3-11-7-16-10-15-11/h7,10,13-14H,2-6,8-9H2,1H3. The average Bonchev–Trinajstić information content (AvgIpc) is 2.97. The predicted molar refractivity (Wildman–Crippen MR) is 68.9 cm³/mol. The zero-order valence-electron chi connectivity index (χ0n) is 9.96. The van der Waals surface area contributed by atoms with Gasteiger partial charge in [-0.25, -0.2) is 4.98 Å². The maximum Gasteiger partial charge on any atom is 0.0794 e. The fraction of sp³-hybridized carbons (Fsp3) is 0.750. The van der Waals surface area contributed by atoms with Crippen LogP contribution in [0.4, 0.5) is 0 Å². The highest BCUT2D eigenvalue weighted by Gasteiger charge is 2.31. The molecule has 16 heavy (non-hydrogen) atoms. The first-order chi connectivity index (χ1) is 7.85. The molecule has 2 N–H and O–H groups in total. The fourth-order valence-corrected chi connectivity index (χ4v) is 2.90. The van der Waals surface area contributed by atoms with Crippen LogP contribution in [-0.2, 0) is 6.42 Å². The predicted octanol–water partition coefficient (Wildman–Crippen LogP) is 1.66. The molecule has 0 amide bonds. The molecule has 1 saturated heterocycles. The maximum atomic E-state index is 4.29. The number of thiazole rings is 1. The van der Waals surface area contributed by atoms with Crippen LogP contribution < -0.4 is 10.6 Å². The number of nitrogens with one attached hydrogen (secondary N) is 2. The molecule has 1 aliphatic heterocycles. The second-order valence-corrected chi connectivity index (χ2v) is 5.41. The summed E-state index contributed by atoms with van der Waals surface area (Å²) < 4.78 is 0. The van der Waals surface area contributed by atoms with E-state index in [0.717, 1.165) is 19.5 Å². The fourth-order valence-electron chi connectivity index (χ4n) is 2.30. The van der Waals surface area contributed by atoms with Gasteiger partial charge in [0.15, 0.2) is 0 Å². The van der Waals surface area contributed by atoms with Crippen molar-refractivity contribution in [1.82, 2.24) is 15.6 Å². The molecule has 90 valence electrons. The van der Waals surface area contributed by atoms with E-state index in [2.05, 4.69) is 27.9 Å². The van der Waals surface area contributed by atoms with Gasteiger partial charge in [0.1, 0.15) is 0 Å². The van der Waals surface area contributed by atoms with Crippen molar-refractivity contribution < 1.29 is 0 Å². The van der Waals surface area contributed by atoms with E-state index in [-0.39, 0.29) is 0 Å². The van der Waals surface area contributed by atoms with E-state index in [0.29, 0.717) is 5.41 Å². The van der Waals surface area contributed by atoms with Crippen LogP contribution in [0.15, 0.2) is 10.9 Å². The molecule has 2 rings (SSSR count). The Bertz CT molecular complexity index is 291. The number of rotatable bonds is 6. The average molecular weight is 239 g/mol. The SMILES string of the molecule is CCC1(CNCCc2cscn2)CCNC1. The Morgan fingerprint density at radius 1 is 1.62 bits per heavy atom. The molecule has 1 fully saturated rings. The second-order valence-electron chi connectivity index (χ2n) is 4.69. The van der Waals surface area contributed by atoms with Crippen molar-refractivity contribution in [2.45, 2.75) is 26.2 Å². The smallest absolute Gasteiger partial charge is 0.0794 e. The van der Waals surface area contributed by atoms with Crippen LogP contribution in [0, 0.1) is 5.41 Å². The van der Waals surface area contributed by atoms with Gasteiger partial charge in [-0.15, -0.1) is 11.3 Å². The van der Waals surface area contributed by atoms with Crippen molar-refractivity contribution in [1.29, 1.82) is 0 Å². The minimum absolute atomic E-state index is 0.502. The van der Waals surface area contributed by atoms with Crippen LogP contribution in [0.25, 0.3) is 0 Å². The molecule has 1 atom stereocenters. The first-order valence-corrected chi connectivity index (χ1v) is 7.07. The summed E-state index contributed by atoms with van der Waals surface area (Å²) in [5, 5.41) is 9.18. The summed E-state index contributed by atoms with van der Waals surface area (Å²) in [4.78, 5) is 4.29. The molecule has 1 aromatic rings. The van der Waals surface area contributed by atoms with Crippen molar-refractivity contribution >= 4 is 11.3 Å². The molecule has 1 aliphatic rings. The van der Waals surface area contributed by atoms with Crippen molar-refractivity contribution in [2.75, 3.05) is 26.2 Å². The highest BCUT2D eigenvalue weighted by molar-refractivity contribution is 7.07. The molecule has 0 aliphatic carbocycles. The van der Waals surface area contributed by atoms with E-state index in [1.54, 1.807) is 11.3 Å². The Morgan fingerprint density at radius 2 is 2.56 bits per heavy atom. The summed E-state index contributed by atoms with van der Waals surface area (Å²) in [6.45, 7) is 6.84. The van der Waals surface area contributed by atoms with Gasteiger partial charge in [-0.1, -0.05) is 6.92 Å². The van der Waals surface area contributed by atoms with Crippen LogP contribution in [0.3, 0.4) is 0 Å². The number of hydrogen-bond donors (Lipinski definition) is 2. The summed E-state index contributed by atoms with van der Waals surface area (Å²) in [6.07, 6.45) is 3.63. The van der Waals surface area contributed by atoms with Gasteiger partial charge in [0.2, 0.25) is 0 Å². The maximum absolute atomic E-state index is 4.29. The van der Waals surface area contributed by atoms with Gasteiger partial charge in [0.25, 0.3) is 0 Å². The minimum atomic E-state index is 0.502. The van der Waals surface area contributed by atoms with Crippen LogP contribution in [0.2, 0.25) is 0 Å². The quantitative estimate of drug-likeness (QED) is 0.741. The molecule has 3 nitrogen and oxygen atoms in total. The Morgan fingerprint density at radius 3 is 3.19 bits per heavy atom. The van der Waals surface area contributed by atoms with Gasteiger partial charge in [0.05, 0.1) is 11.2 Å². The van der Waals surface area contributed by atoms with Gasteiger partial charge in [-0.3, -0.25) is 0 Å². The highest BCUT2D eigenvalue weighted by Crippen LogP contribution is 2.28. The van der Waals surface area contributed by atoms with Crippen LogP contribution in [0.5, 0.6) is 0 Å². The molecular weight excluding hydrogens is 218 g/mol. The summed E-state index contributed by atoms with van der Waals surface area (Å²) in [6, 6.07) is 0. The molecule has 0 bridgehead atoms. The van der Waals surface area contributed by atoms with Gasteiger partial charge in [0, 0.05) is 31.4 Å². The Kier molecular flexibility index (Phi) is 4.32. The first kappa shape index (κ1) is 12.0. The summed E-state index contributed by atoms with van der Waals surface area (Å²) >= 11 is 1.68. The van der Waals surface area contributed by atoms with Gasteiger partial charge >= 0.3 is 0 Å². The van der Waals surface area contributed by atoms with Crippen LogP contribution in [-0.4, -0.2) is 31.2 Å². The number of hydrogen-bond acceptors (Lipinski definition) is 4. The van der Waals surface area contributed by atoms with Crippen molar-refractivity contribution in [3.8, 4) is 0 Å². The Labute approximate surface area is 102 Å². The zero-order valence-corrected chi connectivity index (χ0v) is 10.8. The third-order valence-corrected chi connectivity index (χ3v) is 4.26. The summed E-state index contributed by atoms with van der Waals surface area (Å²) in [5.41, 5.74) is 3.62. The molecule has 1 aromatic heterocycles. The number of nitrogens with zero attached hydrogens (tertiary/aromatic N) is 1. The second kappa shape index (κ2) is 5.75. The van der Waals surface area contributed by atoms with Crippen LogP contribution >= 0.6 is 11.3 Å². The summed E-state index contributed by atoms with van der Waals surface area (Å²) in [5.74, 6) is 0. The van der Waals surface area contributed by atoms with Gasteiger partial charge in [-0.05, 0) is 24.8 Å².